The third-order valence-corrected chi connectivity index (χ3v) is 3.75. The summed E-state index contributed by atoms with van der Waals surface area (Å²) in [6.07, 6.45) is 7.99. The van der Waals surface area contributed by atoms with Crippen LogP contribution in [0.15, 0.2) is 30.6 Å². The molecule has 1 aromatic carbocycles. The van der Waals surface area contributed by atoms with Crippen LogP contribution in [0.4, 0.5) is 0 Å². The maximum atomic E-state index is 6.07. The lowest BCUT2D eigenvalue weighted by Gasteiger charge is -2.14. The molecule has 0 aliphatic heterocycles. The Kier molecular flexibility index (Phi) is 4.96. The van der Waals surface area contributed by atoms with Gasteiger partial charge >= 0.3 is 0 Å². The molecule has 2 N–H and O–H groups in total. The molecule has 1 atom stereocenters. The van der Waals surface area contributed by atoms with E-state index in [4.69, 9.17) is 5.73 Å². The molecule has 0 aliphatic carbocycles. The van der Waals surface area contributed by atoms with Gasteiger partial charge in [0, 0.05) is 30.5 Å². The Bertz CT molecular complexity index is 557. The van der Waals surface area contributed by atoms with Gasteiger partial charge in [0.05, 0.1) is 0 Å². The fourth-order valence-electron chi connectivity index (χ4n) is 2.45. The Labute approximate surface area is 121 Å². The zero-order valence-corrected chi connectivity index (χ0v) is 12.8. The minimum absolute atomic E-state index is 0.239. The number of hydrogen-bond acceptors (Lipinski definition) is 2. The third kappa shape index (κ3) is 3.28. The quantitative estimate of drug-likeness (QED) is 0.875. The average Bonchev–Trinajstić information content (AvgIpc) is 2.89. The average molecular weight is 271 g/mol. The first-order chi connectivity index (χ1) is 9.65. The van der Waals surface area contributed by atoms with E-state index in [1.165, 1.54) is 16.8 Å². The molecule has 0 aliphatic rings. The van der Waals surface area contributed by atoms with Crippen LogP contribution in [0, 0.1) is 6.92 Å². The van der Waals surface area contributed by atoms with Crippen molar-refractivity contribution in [3.05, 3.63) is 47.5 Å². The van der Waals surface area contributed by atoms with E-state index in [-0.39, 0.29) is 6.04 Å². The molecule has 2 rings (SSSR count). The van der Waals surface area contributed by atoms with Crippen LogP contribution in [-0.4, -0.2) is 15.6 Å². The van der Waals surface area contributed by atoms with Crippen LogP contribution in [-0.2, 0) is 12.8 Å². The third-order valence-electron chi connectivity index (χ3n) is 3.75. The highest BCUT2D eigenvalue weighted by Crippen LogP contribution is 2.19. The van der Waals surface area contributed by atoms with Gasteiger partial charge in [-0.05, 0) is 43.4 Å². The van der Waals surface area contributed by atoms with Gasteiger partial charge in [-0.25, -0.2) is 4.98 Å². The second-order valence-electron chi connectivity index (χ2n) is 5.46. The number of imidazole rings is 1. The summed E-state index contributed by atoms with van der Waals surface area (Å²) < 4.78 is 2.21. The van der Waals surface area contributed by atoms with Crippen LogP contribution in [0.25, 0.3) is 5.69 Å². The number of aryl methyl sites for hydroxylation is 2. The van der Waals surface area contributed by atoms with Gasteiger partial charge in [-0.1, -0.05) is 26.0 Å². The summed E-state index contributed by atoms with van der Waals surface area (Å²) in [5, 5.41) is 0. The van der Waals surface area contributed by atoms with Gasteiger partial charge in [-0.2, -0.15) is 0 Å². The topological polar surface area (TPSA) is 43.8 Å². The predicted octanol–water partition coefficient (Wildman–Crippen LogP) is 3.41. The molecule has 20 heavy (non-hydrogen) atoms. The minimum Gasteiger partial charge on any atom is -0.327 e. The molecular formula is C17H25N3. The summed E-state index contributed by atoms with van der Waals surface area (Å²) in [6.45, 7) is 6.46. The summed E-state index contributed by atoms with van der Waals surface area (Å²) in [4.78, 5) is 4.47. The van der Waals surface area contributed by atoms with Crippen LogP contribution in [0.2, 0.25) is 0 Å². The van der Waals surface area contributed by atoms with Crippen molar-refractivity contribution in [3.63, 3.8) is 0 Å². The summed E-state index contributed by atoms with van der Waals surface area (Å²) in [5.41, 5.74) is 9.87. The highest BCUT2D eigenvalue weighted by molar-refractivity contribution is 5.44. The minimum atomic E-state index is 0.239. The number of nitrogens with zero attached hydrogens (tertiary/aromatic N) is 2. The van der Waals surface area contributed by atoms with Crippen LogP contribution >= 0.6 is 0 Å². The van der Waals surface area contributed by atoms with Gasteiger partial charge in [-0.15, -0.1) is 0 Å². The lowest BCUT2D eigenvalue weighted by atomic mass is 10.0. The summed E-state index contributed by atoms with van der Waals surface area (Å²) in [6, 6.07) is 6.86. The van der Waals surface area contributed by atoms with Crippen molar-refractivity contribution in [2.24, 2.45) is 5.73 Å². The first-order valence-corrected chi connectivity index (χ1v) is 7.53. The maximum Gasteiger partial charge on any atom is 0.113 e. The molecule has 0 bridgehead atoms. The van der Waals surface area contributed by atoms with Crippen molar-refractivity contribution in [1.82, 2.24) is 9.55 Å². The fourth-order valence-corrected chi connectivity index (χ4v) is 2.45. The van der Waals surface area contributed by atoms with Gasteiger partial charge in [0.1, 0.15) is 5.82 Å². The van der Waals surface area contributed by atoms with Crippen LogP contribution in [0.3, 0.4) is 0 Å². The molecule has 0 amide bonds. The second kappa shape index (κ2) is 6.71. The van der Waals surface area contributed by atoms with Crippen molar-refractivity contribution < 1.29 is 0 Å². The van der Waals surface area contributed by atoms with Crippen molar-refractivity contribution in [3.8, 4) is 5.69 Å². The molecular weight excluding hydrogens is 246 g/mol. The molecule has 1 unspecified atom stereocenters. The van der Waals surface area contributed by atoms with Crippen molar-refractivity contribution in [1.29, 1.82) is 0 Å². The fraction of sp³-hybridized carbons (Fsp3) is 0.471. The van der Waals surface area contributed by atoms with E-state index in [2.05, 4.69) is 54.7 Å². The first-order valence-electron chi connectivity index (χ1n) is 7.53. The standard InChI is InChI=1S/C17H25N3/c1-4-6-17-19-9-10-20(17)16-12-14(8-7-13(16)3)11-15(18)5-2/h7-10,12,15H,4-6,11,18H2,1-3H3. The Morgan fingerprint density at radius 1 is 1.30 bits per heavy atom. The molecule has 0 saturated heterocycles. The van der Waals surface area contributed by atoms with Crippen LogP contribution < -0.4 is 5.73 Å². The lowest BCUT2D eigenvalue weighted by Crippen LogP contribution is -2.21. The number of rotatable bonds is 6. The molecule has 108 valence electrons. The maximum absolute atomic E-state index is 6.07. The van der Waals surface area contributed by atoms with Crippen LogP contribution in [0.5, 0.6) is 0 Å². The molecule has 3 nitrogen and oxygen atoms in total. The summed E-state index contributed by atoms with van der Waals surface area (Å²) in [7, 11) is 0. The van der Waals surface area contributed by atoms with Crippen molar-refractivity contribution in [2.45, 2.75) is 52.5 Å². The Hall–Kier alpha value is -1.61. The second-order valence-corrected chi connectivity index (χ2v) is 5.46. The van der Waals surface area contributed by atoms with E-state index < -0.39 is 0 Å². The molecule has 1 aromatic heterocycles. The van der Waals surface area contributed by atoms with Crippen molar-refractivity contribution in [2.75, 3.05) is 0 Å². The summed E-state index contributed by atoms with van der Waals surface area (Å²) in [5.74, 6) is 1.13. The first kappa shape index (κ1) is 14.8. The molecule has 2 aromatic rings. The van der Waals surface area contributed by atoms with Gasteiger partial charge in [0.25, 0.3) is 0 Å². The zero-order valence-electron chi connectivity index (χ0n) is 12.8. The number of benzene rings is 1. The number of aromatic nitrogens is 2. The van der Waals surface area contributed by atoms with E-state index in [9.17, 15) is 0 Å². The molecule has 3 heteroatoms. The van der Waals surface area contributed by atoms with Gasteiger partial charge in [-0.3, -0.25) is 0 Å². The molecule has 0 spiro atoms. The summed E-state index contributed by atoms with van der Waals surface area (Å²) >= 11 is 0. The lowest BCUT2D eigenvalue weighted by molar-refractivity contribution is 0.646. The largest absolute Gasteiger partial charge is 0.327 e. The Morgan fingerprint density at radius 3 is 2.80 bits per heavy atom. The normalized spacial score (nSPS) is 12.6. The highest BCUT2D eigenvalue weighted by Gasteiger charge is 2.09. The highest BCUT2D eigenvalue weighted by atomic mass is 15.1. The smallest absolute Gasteiger partial charge is 0.113 e. The van der Waals surface area contributed by atoms with E-state index in [0.717, 1.165) is 31.5 Å². The molecule has 0 radical (unpaired) electrons. The zero-order chi connectivity index (χ0) is 14.5. The van der Waals surface area contributed by atoms with Crippen LogP contribution in [0.1, 0.15) is 43.6 Å². The Morgan fingerprint density at radius 2 is 2.10 bits per heavy atom. The van der Waals surface area contributed by atoms with Gasteiger partial charge < -0.3 is 10.3 Å². The predicted molar refractivity (Wildman–Crippen MR) is 84.3 cm³/mol. The van der Waals surface area contributed by atoms with E-state index in [1.54, 1.807) is 0 Å². The molecule has 0 saturated carbocycles. The van der Waals surface area contributed by atoms with Gasteiger partial charge in [0.2, 0.25) is 0 Å². The molecule has 0 fully saturated rings. The van der Waals surface area contributed by atoms with E-state index in [0.29, 0.717) is 0 Å². The number of nitrogens with two attached hydrogens (primary N) is 1. The Balaban J connectivity index is 2.35. The van der Waals surface area contributed by atoms with Crippen molar-refractivity contribution >= 4 is 0 Å². The monoisotopic (exact) mass is 271 g/mol. The SMILES string of the molecule is CCCc1nccn1-c1cc(CC(N)CC)ccc1C. The number of hydrogen-bond donors (Lipinski definition) is 1. The van der Waals surface area contributed by atoms with Gasteiger partial charge in [0.15, 0.2) is 0 Å². The molecule has 1 heterocycles. The van der Waals surface area contributed by atoms with E-state index >= 15 is 0 Å². The van der Waals surface area contributed by atoms with E-state index in [1.807, 2.05) is 6.20 Å².